The van der Waals surface area contributed by atoms with Gasteiger partial charge in [-0.2, -0.15) is 5.26 Å². The summed E-state index contributed by atoms with van der Waals surface area (Å²) in [5.74, 6) is 0.180. The number of benzene rings is 8. The van der Waals surface area contributed by atoms with Gasteiger partial charge in [0.05, 0.1) is 17.3 Å². The van der Waals surface area contributed by atoms with Crippen molar-refractivity contribution < 1.29 is 0 Å². The molecule has 8 aromatic carbocycles. The lowest BCUT2D eigenvalue weighted by molar-refractivity contribution is 1.41. The Morgan fingerprint density at radius 1 is 0.542 bits per heavy atom. The molecule has 0 aliphatic heterocycles. The van der Waals surface area contributed by atoms with E-state index in [-0.39, 0.29) is 5.84 Å². The van der Waals surface area contributed by atoms with E-state index in [1.54, 1.807) is 12.1 Å². The highest BCUT2D eigenvalue weighted by Gasteiger charge is 2.13. The smallest absolute Gasteiger partial charge is 0.152 e. The van der Waals surface area contributed by atoms with Crippen LogP contribution in [0.1, 0.15) is 22.3 Å². The first-order valence-electron chi connectivity index (χ1n) is 15.9. The number of rotatable bonds is 5. The molecule has 1 N–H and O–H groups in total. The molecule has 0 atom stereocenters. The molecule has 224 valence electrons. The molecule has 0 aliphatic rings. The summed E-state index contributed by atoms with van der Waals surface area (Å²) >= 11 is 0. The molecule has 0 fully saturated rings. The lowest BCUT2D eigenvalue weighted by Gasteiger charge is -2.15. The van der Waals surface area contributed by atoms with Crippen molar-refractivity contribution in [2.75, 3.05) is 0 Å². The molecule has 8 rings (SSSR count). The van der Waals surface area contributed by atoms with Crippen molar-refractivity contribution in [2.45, 2.75) is 0 Å². The molecule has 48 heavy (non-hydrogen) atoms. The Kier molecular flexibility index (Phi) is 7.38. The molecule has 0 saturated carbocycles. The second-order valence-electron chi connectivity index (χ2n) is 11.9. The Bertz CT molecular complexity index is 2620. The summed E-state index contributed by atoms with van der Waals surface area (Å²) in [6.07, 6.45) is 3.98. The van der Waals surface area contributed by atoms with Gasteiger partial charge in [-0.25, -0.2) is 4.99 Å². The predicted octanol–water partition coefficient (Wildman–Crippen LogP) is 11.4. The van der Waals surface area contributed by atoms with E-state index in [9.17, 15) is 5.26 Å². The fourth-order valence-electron chi connectivity index (χ4n) is 6.52. The van der Waals surface area contributed by atoms with E-state index in [1.165, 1.54) is 48.8 Å². The number of nitrogens with one attached hydrogen (secondary N) is 1. The molecule has 0 spiro atoms. The minimum atomic E-state index is 0.180. The van der Waals surface area contributed by atoms with Gasteiger partial charge in [0.25, 0.3) is 0 Å². The predicted molar refractivity (Wildman–Crippen MR) is 202 cm³/mol. The summed E-state index contributed by atoms with van der Waals surface area (Å²) in [6, 6.07) is 56.3. The van der Waals surface area contributed by atoms with Gasteiger partial charge in [0, 0.05) is 11.1 Å². The molecule has 0 aliphatic carbocycles. The van der Waals surface area contributed by atoms with Crippen LogP contribution in [0.4, 0.5) is 0 Å². The van der Waals surface area contributed by atoms with Crippen LogP contribution in [-0.2, 0) is 0 Å². The summed E-state index contributed by atoms with van der Waals surface area (Å²) in [6.45, 7) is 0. The number of amidine groups is 1. The molecule has 0 saturated heterocycles. The zero-order valence-electron chi connectivity index (χ0n) is 26.1. The van der Waals surface area contributed by atoms with E-state index in [4.69, 9.17) is 10.4 Å². The molecule has 3 nitrogen and oxygen atoms in total. The average molecular weight is 612 g/mol. The van der Waals surface area contributed by atoms with Crippen LogP contribution in [0.15, 0.2) is 169 Å². The SMILES string of the molecule is N#Cc1ccc(C(/C=C/c2ccc3cc(-c4c5ccccc5cc5c4ccc4ccccc45)ccc3c2)=NC(=N)c2ccccc2)cc1. The van der Waals surface area contributed by atoms with Gasteiger partial charge >= 0.3 is 0 Å². The van der Waals surface area contributed by atoms with Gasteiger partial charge < -0.3 is 0 Å². The van der Waals surface area contributed by atoms with E-state index in [0.717, 1.165) is 22.1 Å². The van der Waals surface area contributed by atoms with Gasteiger partial charge in [0.15, 0.2) is 5.84 Å². The fraction of sp³-hybridized carbons (Fsp3) is 0. The maximum absolute atomic E-state index is 9.28. The van der Waals surface area contributed by atoms with Crippen molar-refractivity contribution in [3.63, 3.8) is 0 Å². The third-order valence-electron chi connectivity index (χ3n) is 8.95. The van der Waals surface area contributed by atoms with E-state index in [1.807, 2.05) is 54.6 Å². The topological polar surface area (TPSA) is 60.0 Å². The van der Waals surface area contributed by atoms with Gasteiger partial charge in [0.2, 0.25) is 0 Å². The summed E-state index contributed by atoms with van der Waals surface area (Å²) in [7, 11) is 0. The maximum Gasteiger partial charge on any atom is 0.152 e. The summed E-state index contributed by atoms with van der Waals surface area (Å²) in [4.78, 5) is 4.69. The van der Waals surface area contributed by atoms with Crippen molar-refractivity contribution in [3.05, 3.63) is 186 Å². The highest BCUT2D eigenvalue weighted by Crippen LogP contribution is 2.40. The number of nitrogens with zero attached hydrogens (tertiary/aromatic N) is 2. The quantitative estimate of drug-likeness (QED) is 0.0895. The first-order valence-corrected chi connectivity index (χ1v) is 15.9. The normalized spacial score (nSPS) is 11.9. The molecular formula is C45H29N3. The standard InChI is InChI=1S/C45H29N3/c46-29-31-15-18-33(19-16-31)43(48-45(47)34-9-2-1-3-10-34)25-17-30-14-20-36-27-38(22-21-35(36)26-30)44-40-13-7-5-11-37(40)28-42-39-12-6-4-8-32(39)23-24-41(42)44/h1-28,47H/b25-17+,47-45?,48-43?. The molecule has 0 radical (unpaired) electrons. The Labute approximate surface area is 278 Å². The van der Waals surface area contributed by atoms with Gasteiger partial charge in [-0.15, -0.1) is 0 Å². The van der Waals surface area contributed by atoms with Gasteiger partial charge in [0.1, 0.15) is 0 Å². The van der Waals surface area contributed by atoms with Crippen molar-refractivity contribution >= 4 is 60.7 Å². The third-order valence-corrected chi connectivity index (χ3v) is 8.95. The Morgan fingerprint density at radius 2 is 1.23 bits per heavy atom. The second kappa shape index (κ2) is 12.3. The summed E-state index contributed by atoms with van der Waals surface area (Å²) in [5.41, 5.74) is 6.29. The van der Waals surface area contributed by atoms with Crippen LogP contribution in [0.2, 0.25) is 0 Å². The summed E-state index contributed by atoms with van der Waals surface area (Å²) in [5, 5.41) is 27.7. The lowest BCUT2D eigenvalue weighted by Crippen LogP contribution is -2.03. The van der Waals surface area contributed by atoms with E-state index < -0.39 is 0 Å². The van der Waals surface area contributed by atoms with Gasteiger partial charge in [-0.3, -0.25) is 5.41 Å². The Balaban J connectivity index is 1.19. The summed E-state index contributed by atoms with van der Waals surface area (Å²) < 4.78 is 0. The molecular weight excluding hydrogens is 583 g/mol. The van der Waals surface area contributed by atoms with Crippen LogP contribution in [0, 0.1) is 16.7 Å². The number of fused-ring (bicyclic) bond motifs is 5. The van der Waals surface area contributed by atoms with Crippen LogP contribution in [0.25, 0.3) is 60.3 Å². The van der Waals surface area contributed by atoms with Crippen molar-refractivity contribution in [2.24, 2.45) is 4.99 Å². The minimum absolute atomic E-state index is 0.180. The largest absolute Gasteiger partial charge is 0.282 e. The molecule has 0 aromatic heterocycles. The molecule has 0 amide bonds. The molecule has 0 heterocycles. The van der Waals surface area contributed by atoms with Crippen LogP contribution in [0.5, 0.6) is 0 Å². The van der Waals surface area contributed by atoms with Crippen molar-refractivity contribution in [1.29, 1.82) is 10.7 Å². The molecule has 0 bridgehead atoms. The number of hydrogen-bond acceptors (Lipinski definition) is 2. The van der Waals surface area contributed by atoms with Crippen LogP contribution >= 0.6 is 0 Å². The molecule has 3 heteroatoms. The van der Waals surface area contributed by atoms with Crippen molar-refractivity contribution in [1.82, 2.24) is 0 Å². The first-order chi connectivity index (χ1) is 23.6. The van der Waals surface area contributed by atoms with Crippen LogP contribution < -0.4 is 0 Å². The molecule has 0 unspecified atom stereocenters. The number of aliphatic imine (C=N–C) groups is 1. The fourth-order valence-corrected chi connectivity index (χ4v) is 6.52. The zero-order chi connectivity index (χ0) is 32.5. The minimum Gasteiger partial charge on any atom is -0.282 e. The Hall–Kier alpha value is -6.63. The van der Waals surface area contributed by atoms with Crippen molar-refractivity contribution in [3.8, 4) is 17.2 Å². The maximum atomic E-state index is 9.28. The highest BCUT2D eigenvalue weighted by molar-refractivity contribution is 6.20. The average Bonchev–Trinajstić information content (AvgIpc) is 3.15. The monoisotopic (exact) mass is 611 g/mol. The van der Waals surface area contributed by atoms with Gasteiger partial charge in [-0.1, -0.05) is 133 Å². The first kappa shape index (κ1) is 28.8. The van der Waals surface area contributed by atoms with Gasteiger partial charge in [-0.05, 0) is 96.2 Å². The second-order valence-corrected chi connectivity index (χ2v) is 11.9. The Morgan fingerprint density at radius 3 is 2.04 bits per heavy atom. The zero-order valence-corrected chi connectivity index (χ0v) is 26.1. The third kappa shape index (κ3) is 5.42. The van der Waals surface area contributed by atoms with Crippen LogP contribution in [-0.4, -0.2) is 11.5 Å². The highest BCUT2D eigenvalue weighted by atomic mass is 14.8. The van der Waals surface area contributed by atoms with E-state index in [0.29, 0.717) is 11.3 Å². The number of nitriles is 1. The molecule has 8 aromatic rings. The number of hydrogen-bond donors (Lipinski definition) is 1. The lowest BCUT2D eigenvalue weighted by atomic mass is 9.89. The van der Waals surface area contributed by atoms with E-state index >= 15 is 0 Å². The van der Waals surface area contributed by atoms with E-state index in [2.05, 4.69) is 109 Å². The van der Waals surface area contributed by atoms with Crippen LogP contribution in [0.3, 0.4) is 0 Å². The number of allylic oxidation sites excluding steroid dienone is 1.